The topological polar surface area (TPSA) is 49.3 Å². The Morgan fingerprint density at radius 1 is 1.17 bits per heavy atom. The van der Waals surface area contributed by atoms with Gasteiger partial charge in [0.25, 0.3) is 5.91 Å². The first-order chi connectivity index (χ1) is 11.1. The zero-order valence-electron chi connectivity index (χ0n) is 13.0. The summed E-state index contributed by atoms with van der Waals surface area (Å²) in [7, 11) is 0. The highest BCUT2D eigenvalue weighted by Crippen LogP contribution is 2.20. The lowest BCUT2D eigenvalue weighted by Gasteiger charge is -2.12. The number of amides is 1. The van der Waals surface area contributed by atoms with Gasteiger partial charge in [-0.05, 0) is 35.8 Å². The molecule has 0 aromatic heterocycles. The molecule has 1 amide bonds. The molecule has 0 aliphatic rings. The lowest BCUT2D eigenvalue weighted by Crippen LogP contribution is -2.32. The predicted octanol–water partition coefficient (Wildman–Crippen LogP) is 3.77. The Kier molecular flexibility index (Phi) is 6.39. The van der Waals surface area contributed by atoms with Crippen molar-refractivity contribution in [2.24, 2.45) is 0 Å². The van der Waals surface area contributed by atoms with Gasteiger partial charge in [-0.2, -0.15) is 0 Å². The summed E-state index contributed by atoms with van der Waals surface area (Å²) in [6, 6.07) is 16.7. The number of aliphatic hydroxyl groups excluding tert-OH is 1. The fraction of sp³-hybridized carbons (Fsp3) is 0.211. The molecule has 2 aromatic carbocycles. The van der Waals surface area contributed by atoms with Crippen LogP contribution in [0.25, 0.3) is 11.6 Å². The number of hydrogen-bond donors (Lipinski definition) is 2. The minimum atomic E-state index is -0.536. The van der Waals surface area contributed by atoms with Gasteiger partial charge in [0.2, 0.25) is 0 Å². The molecule has 0 radical (unpaired) electrons. The third-order valence-corrected chi connectivity index (χ3v) is 3.73. The summed E-state index contributed by atoms with van der Waals surface area (Å²) in [4.78, 5) is 12.5. The maximum atomic E-state index is 12.5. The zero-order valence-corrected chi connectivity index (χ0v) is 13.8. The molecule has 0 fully saturated rings. The van der Waals surface area contributed by atoms with Crippen LogP contribution >= 0.6 is 11.6 Å². The molecule has 0 aliphatic carbocycles. The quantitative estimate of drug-likeness (QED) is 0.626. The first-order valence-electron chi connectivity index (χ1n) is 7.59. The summed E-state index contributed by atoms with van der Waals surface area (Å²) in [5.74, 6) is -0.210. The molecule has 0 heterocycles. The maximum absolute atomic E-state index is 12.5. The average molecular weight is 330 g/mol. The van der Waals surface area contributed by atoms with Crippen LogP contribution in [-0.2, 0) is 4.79 Å². The lowest BCUT2D eigenvalue weighted by atomic mass is 10.0. The van der Waals surface area contributed by atoms with Gasteiger partial charge in [-0.15, -0.1) is 0 Å². The van der Waals surface area contributed by atoms with E-state index in [1.807, 2.05) is 55.5 Å². The molecule has 0 saturated carbocycles. The number of carbonyl (C=O) groups excluding carboxylic acids is 1. The summed E-state index contributed by atoms with van der Waals surface area (Å²) < 4.78 is 0. The van der Waals surface area contributed by atoms with Crippen LogP contribution in [0.15, 0.2) is 54.6 Å². The molecule has 3 nitrogen and oxygen atoms in total. The minimum absolute atomic E-state index is 0.210. The van der Waals surface area contributed by atoms with E-state index in [9.17, 15) is 9.90 Å². The molecule has 1 atom stereocenters. The van der Waals surface area contributed by atoms with E-state index >= 15 is 0 Å². The van der Waals surface area contributed by atoms with Gasteiger partial charge in [0.1, 0.15) is 0 Å². The van der Waals surface area contributed by atoms with E-state index in [2.05, 4.69) is 5.32 Å². The highest BCUT2D eigenvalue weighted by atomic mass is 35.5. The summed E-state index contributed by atoms with van der Waals surface area (Å²) in [6.07, 6.45) is 1.88. The SMILES string of the molecule is CCC(O)CNC(=O)/C(=C/c1ccc(Cl)cc1)c1ccccc1. The third-order valence-electron chi connectivity index (χ3n) is 3.48. The molecule has 2 N–H and O–H groups in total. The van der Waals surface area contributed by atoms with Crippen LogP contribution in [0.1, 0.15) is 24.5 Å². The normalized spacial score (nSPS) is 12.7. The smallest absolute Gasteiger partial charge is 0.252 e. The van der Waals surface area contributed by atoms with Crippen molar-refractivity contribution >= 4 is 29.2 Å². The zero-order chi connectivity index (χ0) is 16.7. The Hall–Kier alpha value is -2.10. The molecule has 120 valence electrons. The Bertz CT molecular complexity index is 666. The summed E-state index contributed by atoms with van der Waals surface area (Å²) in [6.45, 7) is 2.11. The van der Waals surface area contributed by atoms with Crippen molar-refractivity contribution in [1.82, 2.24) is 5.32 Å². The monoisotopic (exact) mass is 329 g/mol. The van der Waals surface area contributed by atoms with Crippen molar-refractivity contribution in [3.8, 4) is 0 Å². The van der Waals surface area contributed by atoms with Crippen LogP contribution in [0.2, 0.25) is 5.02 Å². The van der Waals surface area contributed by atoms with Gasteiger partial charge in [-0.3, -0.25) is 4.79 Å². The largest absolute Gasteiger partial charge is 0.391 e. The summed E-state index contributed by atoms with van der Waals surface area (Å²) in [5, 5.41) is 13.1. The number of rotatable bonds is 6. The van der Waals surface area contributed by atoms with Crippen LogP contribution in [-0.4, -0.2) is 23.7 Å². The maximum Gasteiger partial charge on any atom is 0.252 e. The van der Waals surface area contributed by atoms with Crippen LogP contribution < -0.4 is 5.32 Å². The van der Waals surface area contributed by atoms with Gasteiger partial charge >= 0.3 is 0 Å². The molecule has 0 saturated heterocycles. The van der Waals surface area contributed by atoms with Crippen molar-refractivity contribution in [1.29, 1.82) is 0 Å². The van der Waals surface area contributed by atoms with E-state index in [1.54, 1.807) is 12.1 Å². The molecule has 0 bridgehead atoms. The fourth-order valence-corrected chi connectivity index (χ4v) is 2.20. The number of nitrogens with one attached hydrogen (secondary N) is 1. The van der Waals surface area contributed by atoms with E-state index in [4.69, 9.17) is 11.6 Å². The van der Waals surface area contributed by atoms with E-state index < -0.39 is 6.10 Å². The van der Waals surface area contributed by atoms with Crippen molar-refractivity contribution in [3.63, 3.8) is 0 Å². The first kappa shape index (κ1) is 17.3. The van der Waals surface area contributed by atoms with Crippen LogP contribution in [0, 0.1) is 0 Å². The fourth-order valence-electron chi connectivity index (χ4n) is 2.07. The van der Waals surface area contributed by atoms with E-state index in [0.29, 0.717) is 17.0 Å². The number of aliphatic hydroxyl groups is 1. The minimum Gasteiger partial charge on any atom is -0.391 e. The van der Waals surface area contributed by atoms with E-state index in [-0.39, 0.29) is 12.5 Å². The summed E-state index contributed by atoms with van der Waals surface area (Å²) >= 11 is 5.90. The molecule has 4 heteroatoms. The number of carbonyl (C=O) groups is 1. The van der Waals surface area contributed by atoms with Crippen molar-refractivity contribution in [3.05, 3.63) is 70.7 Å². The van der Waals surface area contributed by atoms with Gasteiger partial charge in [0.15, 0.2) is 0 Å². The van der Waals surface area contributed by atoms with Crippen molar-refractivity contribution < 1.29 is 9.90 Å². The molecule has 0 aliphatic heterocycles. The first-order valence-corrected chi connectivity index (χ1v) is 7.97. The Balaban J connectivity index is 2.28. The van der Waals surface area contributed by atoms with Crippen molar-refractivity contribution in [2.75, 3.05) is 6.54 Å². The van der Waals surface area contributed by atoms with Gasteiger partial charge < -0.3 is 10.4 Å². The lowest BCUT2D eigenvalue weighted by molar-refractivity contribution is -0.116. The molecule has 2 rings (SSSR count). The summed E-state index contributed by atoms with van der Waals surface area (Å²) in [5.41, 5.74) is 2.27. The second-order valence-corrected chi connectivity index (χ2v) is 5.68. The Morgan fingerprint density at radius 3 is 2.43 bits per heavy atom. The predicted molar refractivity (Wildman–Crippen MR) is 95.1 cm³/mol. The molecule has 2 aromatic rings. The second-order valence-electron chi connectivity index (χ2n) is 5.25. The highest BCUT2D eigenvalue weighted by Gasteiger charge is 2.13. The number of hydrogen-bond acceptors (Lipinski definition) is 2. The molecular formula is C19H20ClNO2. The average Bonchev–Trinajstić information content (AvgIpc) is 2.59. The second kappa shape index (κ2) is 8.51. The van der Waals surface area contributed by atoms with E-state index in [1.165, 1.54) is 0 Å². The number of benzene rings is 2. The standard InChI is InChI=1S/C19H20ClNO2/c1-2-17(22)13-21-19(23)18(15-6-4-3-5-7-15)12-14-8-10-16(20)11-9-14/h3-12,17,22H,2,13H2,1H3,(H,21,23)/b18-12+. The third kappa shape index (κ3) is 5.23. The Morgan fingerprint density at radius 2 is 1.83 bits per heavy atom. The van der Waals surface area contributed by atoms with Crippen LogP contribution in [0.3, 0.4) is 0 Å². The van der Waals surface area contributed by atoms with Gasteiger partial charge in [0.05, 0.1) is 6.10 Å². The number of halogens is 1. The molecule has 23 heavy (non-hydrogen) atoms. The molecular weight excluding hydrogens is 310 g/mol. The Labute approximate surface area is 141 Å². The van der Waals surface area contributed by atoms with Crippen LogP contribution in [0.5, 0.6) is 0 Å². The van der Waals surface area contributed by atoms with Crippen LogP contribution in [0.4, 0.5) is 0 Å². The molecule has 1 unspecified atom stereocenters. The van der Waals surface area contributed by atoms with Crippen molar-refractivity contribution in [2.45, 2.75) is 19.4 Å². The highest BCUT2D eigenvalue weighted by molar-refractivity contribution is 6.30. The van der Waals surface area contributed by atoms with Gasteiger partial charge in [-0.1, -0.05) is 61.0 Å². The van der Waals surface area contributed by atoms with E-state index in [0.717, 1.165) is 11.1 Å². The van der Waals surface area contributed by atoms with Gasteiger partial charge in [0, 0.05) is 17.1 Å². The van der Waals surface area contributed by atoms with Gasteiger partial charge in [-0.25, -0.2) is 0 Å². The molecule has 0 spiro atoms.